The first kappa shape index (κ1) is 32.0. The third-order valence-corrected chi connectivity index (χ3v) is 6.35. The number of benzene rings is 2. The highest BCUT2D eigenvalue weighted by atomic mass is 35.5. The molecule has 0 radical (unpaired) electrons. The minimum absolute atomic E-state index is 0.0539. The van der Waals surface area contributed by atoms with Gasteiger partial charge in [0.1, 0.15) is 18.8 Å². The van der Waals surface area contributed by atoms with Crippen LogP contribution < -0.4 is 16.1 Å². The van der Waals surface area contributed by atoms with Crippen LogP contribution in [0.2, 0.25) is 5.02 Å². The van der Waals surface area contributed by atoms with E-state index in [1.807, 2.05) is 0 Å². The van der Waals surface area contributed by atoms with Gasteiger partial charge in [-0.2, -0.15) is 21.6 Å². The van der Waals surface area contributed by atoms with Crippen LogP contribution in [0.25, 0.3) is 11.4 Å². The lowest BCUT2D eigenvalue weighted by atomic mass is 10.0. The minimum atomic E-state index is -4.74. The van der Waals surface area contributed by atoms with Gasteiger partial charge >= 0.3 is 22.2 Å². The van der Waals surface area contributed by atoms with E-state index in [0.29, 0.717) is 21.3 Å². The molecule has 1 heterocycles. The zero-order valence-electron chi connectivity index (χ0n) is 21.0. The van der Waals surface area contributed by atoms with Crippen LogP contribution in [-0.4, -0.2) is 52.7 Å². The summed E-state index contributed by atoms with van der Waals surface area (Å²) in [5.74, 6) is -1.03. The topological polar surface area (TPSA) is 159 Å². The van der Waals surface area contributed by atoms with Crippen molar-refractivity contribution in [1.82, 2.24) is 19.7 Å². The number of nitrogens with zero attached hydrogens (tertiary/aromatic N) is 3. The summed E-state index contributed by atoms with van der Waals surface area (Å²) in [4.78, 5) is 26.0. The van der Waals surface area contributed by atoms with Gasteiger partial charge in [0.15, 0.2) is 5.82 Å². The molecule has 2 aromatic carbocycles. The summed E-state index contributed by atoms with van der Waals surface area (Å²) in [6, 6.07) is 8.21. The Bertz CT molecular complexity index is 1560. The molecule has 1 amide bonds. The number of halogens is 5. The Hall–Kier alpha value is -3.57. The molecule has 41 heavy (non-hydrogen) atoms. The Morgan fingerprint density at radius 2 is 1.90 bits per heavy atom. The highest BCUT2D eigenvalue weighted by Gasteiger charge is 2.31. The van der Waals surface area contributed by atoms with Crippen LogP contribution in [0.15, 0.2) is 66.0 Å². The van der Waals surface area contributed by atoms with E-state index < -0.39 is 71.7 Å². The molecule has 1 aromatic heterocycles. The second-order valence-electron chi connectivity index (χ2n) is 8.65. The van der Waals surface area contributed by atoms with Crippen molar-refractivity contribution in [2.75, 3.05) is 6.61 Å². The maximum Gasteiger partial charge on any atom is 0.416 e. The first-order valence-corrected chi connectivity index (χ1v) is 13.5. The maximum atomic E-state index is 14.0. The van der Waals surface area contributed by atoms with Crippen LogP contribution in [0.5, 0.6) is 0 Å². The molecule has 3 aromatic rings. The van der Waals surface area contributed by atoms with Gasteiger partial charge in [0.05, 0.1) is 24.8 Å². The second-order valence-corrected chi connectivity index (χ2v) is 10.3. The lowest BCUT2D eigenvalue weighted by Gasteiger charge is -2.20. The Morgan fingerprint density at radius 3 is 2.49 bits per heavy atom. The predicted octanol–water partition coefficient (Wildman–Crippen LogP) is 2.35. The number of carbonyl (C=O) groups excluding carboxylic acids is 1. The van der Waals surface area contributed by atoms with Crippen LogP contribution in [-0.2, 0) is 38.5 Å². The van der Waals surface area contributed by atoms with Gasteiger partial charge in [0.2, 0.25) is 5.91 Å². The number of aliphatic hydroxyl groups is 1. The van der Waals surface area contributed by atoms with Gasteiger partial charge in [-0.1, -0.05) is 29.8 Å². The average molecular weight is 622 g/mol. The number of alkyl halides is 4. The van der Waals surface area contributed by atoms with E-state index in [2.05, 4.69) is 21.2 Å². The average Bonchev–Trinajstić information content (AvgIpc) is 3.19. The van der Waals surface area contributed by atoms with Gasteiger partial charge in [-0.25, -0.2) is 19.0 Å². The Balaban J connectivity index is 1.94. The molecule has 0 aliphatic heterocycles. The van der Waals surface area contributed by atoms with Gasteiger partial charge in [-0.05, 0) is 42.0 Å². The van der Waals surface area contributed by atoms with Gasteiger partial charge in [0.25, 0.3) is 0 Å². The molecule has 17 heteroatoms. The van der Waals surface area contributed by atoms with Crippen LogP contribution in [0.3, 0.4) is 0 Å². The molecular weight excluding hydrogens is 598 g/mol. The number of hydrogen-bond acceptors (Lipinski definition) is 7. The number of hydrogen-bond donors (Lipinski definition) is 3. The van der Waals surface area contributed by atoms with Crippen molar-refractivity contribution in [2.24, 2.45) is 5.14 Å². The van der Waals surface area contributed by atoms with Gasteiger partial charge < -0.3 is 10.4 Å². The van der Waals surface area contributed by atoms with Crippen molar-refractivity contribution in [1.29, 1.82) is 0 Å². The number of nitrogens with two attached hydrogens (primary N) is 1. The molecule has 0 fully saturated rings. The predicted molar refractivity (Wildman–Crippen MR) is 139 cm³/mol. The quantitative estimate of drug-likeness (QED) is 0.207. The Labute approximate surface area is 236 Å². The number of carbonyl (C=O) groups is 1. The molecule has 11 nitrogen and oxygen atoms in total. The summed E-state index contributed by atoms with van der Waals surface area (Å²) in [6.07, 6.45) is -7.48. The summed E-state index contributed by atoms with van der Waals surface area (Å²) in [6.45, 7) is 1.02. The molecule has 0 aliphatic rings. The van der Waals surface area contributed by atoms with Crippen LogP contribution in [0, 0.1) is 0 Å². The SMILES string of the molecule is C=CC(F)C(O)Cn1c(-c2ccc(Cl)cc2)nn(CC(=O)NC(COS(N)(=O)=O)c2cccc(C(F)(F)F)c2)c1=O. The first-order chi connectivity index (χ1) is 19.1. The molecule has 3 rings (SSSR count). The number of aliphatic hydroxyl groups excluding tert-OH is 1. The van der Waals surface area contributed by atoms with Crippen molar-refractivity contribution < 1.29 is 40.1 Å². The van der Waals surface area contributed by atoms with E-state index in [-0.39, 0.29) is 11.4 Å². The van der Waals surface area contributed by atoms with Crippen LogP contribution in [0.4, 0.5) is 17.6 Å². The monoisotopic (exact) mass is 621 g/mol. The lowest BCUT2D eigenvalue weighted by molar-refractivity contribution is -0.137. The number of rotatable bonds is 12. The number of nitrogens with one attached hydrogen (secondary N) is 1. The van der Waals surface area contributed by atoms with Gasteiger partial charge in [0, 0.05) is 10.6 Å². The van der Waals surface area contributed by atoms with Crippen molar-refractivity contribution in [3.63, 3.8) is 0 Å². The molecule has 0 saturated heterocycles. The van der Waals surface area contributed by atoms with E-state index in [9.17, 15) is 40.7 Å². The highest BCUT2D eigenvalue weighted by Crippen LogP contribution is 2.31. The largest absolute Gasteiger partial charge is 0.416 e. The van der Waals surface area contributed by atoms with Crippen LogP contribution >= 0.6 is 11.6 Å². The normalized spacial score (nSPS) is 14.3. The maximum absolute atomic E-state index is 14.0. The van der Waals surface area contributed by atoms with Crippen molar-refractivity contribution >= 4 is 27.8 Å². The first-order valence-electron chi connectivity index (χ1n) is 11.6. The van der Waals surface area contributed by atoms with Crippen LogP contribution in [0.1, 0.15) is 17.2 Å². The summed E-state index contributed by atoms with van der Waals surface area (Å²) in [5, 5.41) is 21.8. The number of aromatic nitrogens is 3. The van der Waals surface area contributed by atoms with Crippen molar-refractivity contribution in [3.05, 3.63) is 87.8 Å². The Kier molecular flexibility index (Phi) is 10.1. The third-order valence-electron chi connectivity index (χ3n) is 5.63. The molecular formula is C24H24ClF4N5O6S. The van der Waals surface area contributed by atoms with E-state index in [1.54, 1.807) is 0 Å². The van der Waals surface area contributed by atoms with Gasteiger partial charge in [-0.15, -0.1) is 11.7 Å². The zero-order chi connectivity index (χ0) is 30.5. The smallest absolute Gasteiger partial charge is 0.388 e. The summed E-state index contributed by atoms with van der Waals surface area (Å²) in [7, 11) is -4.54. The van der Waals surface area contributed by atoms with Crippen molar-refractivity contribution in [3.8, 4) is 11.4 Å². The zero-order valence-corrected chi connectivity index (χ0v) is 22.5. The summed E-state index contributed by atoms with van der Waals surface area (Å²) >= 11 is 5.91. The van der Waals surface area contributed by atoms with E-state index >= 15 is 0 Å². The highest BCUT2D eigenvalue weighted by molar-refractivity contribution is 7.84. The molecule has 222 valence electrons. The molecule has 0 bridgehead atoms. The fourth-order valence-corrected chi connectivity index (χ4v) is 4.11. The molecule has 3 unspecified atom stereocenters. The molecule has 0 spiro atoms. The second kappa shape index (κ2) is 12.9. The molecule has 3 atom stereocenters. The third kappa shape index (κ3) is 8.71. The molecule has 0 aliphatic carbocycles. The van der Waals surface area contributed by atoms with E-state index in [0.717, 1.165) is 22.8 Å². The van der Waals surface area contributed by atoms with Crippen molar-refractivity contribution in [2.45, 2.75) is 37.6 Å². The fraction of sp³-hybridized carbons (Fsp3) is 0.292. The Morgan fingerprint density at radius 1 is 1.24 bits per heavy atom. The minimum Gasteiger partial charge on any atom is -0.388 e. The number of amides is 1. The van der Waals surface area contributed by atoms with E-state index in [1.165, 1.54) is 30.3 Å². The standard InChI is InChI=1S/C24H24ClF4N5O6S/c1-2-18(26)20(35)11-33-22(14-6-8-17(25)9-7-14)32-34(23(33)37)12-21(36)31-19(13-40-41(30,38)39)15-4-3-5-16(10-15)24(27,28)29/h2-10,18-20,35H,1,11-13H2,(H,31,36)(H2,30,38,39). The fourth-order valence-electron chi connectivity index (χ4n) is 3.66. The summed E-state index contributed by atoms with van der Waals surface area (Å²) < 4.78 is 82.4. The molecule has 0 saturated carbocycles. The molecule has 4 N–H and O–H groups in total. The van der Waals surface area contributed by atoms with Gasteiger partial charge in [-0.3, -0.25) is 13.5 Å². The van der Waals surface area contributed by atoms with E-state index in [4.69, 9.17) is 16.7 Å². The summed E-state index contributed by atoms with van der Waals surface area (Å²) in [5.41, 5.74) is -1.85. The lowest BCUT2D eigenvalue weighted by Crippen LogP contribution is -2.38.